The Morgan fingerprint density at radius 3 is 1.56 bits per heavy atom. The molecule has 0 aromatic heterocycles. The Bertz CT molecular complexity index is 290. The molecule has 0 aliphatic carbocycles. The summed E-state index contributed by atoms with van der Waals surface area (Å²) in [5.74, 6) is 0. The molecule has 0 amide bonds. The third-order valence-corrected chi connectivity index (χ3v) is 15.2. The van der Waals surface area contributed by atoms with E-state index in [1.807, 2.05) is 0 Å². The van der Waals surface area contributed by atoms with Gasteiger partial charge < -0.3 is 0 Å². The van der Waals surface area contributed by atoms with Crippen molar-refractivity contribution < 1.29 is 0 Å². The van der Waals surface area contributed by atoms with Crippen molar-refractivity contribution in [3.63, 3.8) is 0 Å². The third-order valence-electron chi connectivity index (χ3n) is 4.89. The lowest BCUT2D eigenvalue weighted by molar-refractivity contribution is 0.657. The number of nitriles is 1. The molecule has 0 spiro atoms. The van der Waals surface area contributed by atoms with E-state index in [0.29, 0.717) is 5.04 Å². The van der Waals surface area contributed by atoms with Crippen molar-refractivity contribution in [1.29, 1.82) is 5.26 Å². The molecule has 0 aliphatic heterocycles. The summed E-state index contributed by atoms with van der Waals surface area (Å²) in [6.07, 6.45) is 0. The van der Waals surface area contributed by atoms with Crippen LogP contribution in [0, 0.1) is 11.0 Å². The second-order valence-corrected chi connectivity index (χ2v) is 18.4. The summed E-state index contributed by atoms with van der Waals surface area (Å²) in [5.41, 5.74) is 2.62. The van der Waals surface area contributed by atoms with E-state index in [1.165, 1.54) is 6.04 Å². The van der Waals surface area contributed by atoms with Crippen LogP contribution in [0.4, 0.5) is 0 Å². The zero-order valence-corrected chi connectivity index (χ0v) is 14.7. The Morgan fingerprint density at radius 1 is 0.938 bits per heavy atom. The molecule has 0 aliphatic rings. The third kappa shape index (κ3) is 3.21. The quantitative estimate of drug-likeness (QED) is 0.648. The van der Waals surface area contributed by atoms with Crippen molar-refractivity contribution in [1.82, 2.24) is 0 Å². The van der Waals surface area contributed by atoms with Crippen LogP contribution in [0.2, 0.25) is 42.3 Å². The van der Waals surface area contributed by atoms with Crippen LogP contribution >= 0.6 is 0 Å². The predicted molar refractivity (Wildman–Crippen MR) is 79.1 cm³/mol. The zero-order chi connectivity index (χ0) is 13.4. The lowest BCUT2D eigenvalue weighted by atomic mass is 10.2. The topological polar surface area (TPSA) is 23.8 Å². The van der Waals surface area contributed by atoms with Crippen molar-refractivity contribution >= 4 is 16.1 Å². The molecule has 0 aromatic carbocycles. The maximum Gasteiger partial charge on any atom is 0.172 e. The summed E-state index contributed by atoms with van der Waals surface area (Å²) in [7, 11) is -3.04. The second kappa shape index (κ2) is 4.31. The highest BCUT2D eigenvalue weighted by molar-refractivity contribution is 6.90. The summed E-state index contributed by atoms with van der Waals surface area (Å²) < 4.78 is 0. The zero-order valence-electron chi connectivity index (χ0n) is 12.7. The SMILES string of the molecule is CC(C)(C[Si](C)(C)C(C)(C)C)[Si](C)(C)C#N. The molecular weight excluding hydrogens is 226 g/mol. The van der Waals surface area contributed by atoms with Gasteiger partial charge in [0.25, 0.3) is 0 Å². The van der Waals surface area contributed by atoms with E-state index >= 15 is 0 Å². The van der Waals surface area contributed by atoms with Crippen molar-refractivity contribution in [2.75, 3.05) is 0 Å². The number of nitrogens with zero attached hydrogens (tertiary/aromatic N) is 1. The van der Waals surface area contributed by atoms with Gasteiger partial charge in [0.1, 0.15) is 0 Å². The second-order valence-electron chi connectivity index (χ2n) is 7.93. The maximum atomic E-state index is 9.36. The summed E-state index contributed by atoms with van der Waals surface area (Å²) in [4.78, 5) is 0. The summed E-state index contributed by atoms with van der Waals surface area (Å²) in [6, 6.07) is 1.26. The van der Waals surface area contributed by atoms with Gasteiger partial charge >= 0.3 is 0 Å². The standard InChI is InChI=1S/C13H29NSi2/c1-12(2,3)15(6,7)10-13(4,5)16(8,9)11-14/h10H2,1-9H3. The maximum absolute atomic E-state index is 9.36. The van der Waals surface area contributed by atoms with Crippen LogP contribution in [0.5, 0.6) is 0 Å². The van der Waals surface area contributed by atoms with Gasteiger partial charge in [0.05, 0.1) is 8.07 Å². The number of hydrogen-bond acceptors (Lipinski definition) is 1. The van der Waals surface area contributed by atoms with Crippen molar-refractivity contribution in [2.45, 2.75) is 76.9 Å². The van der Waals surface area contributed by atoms with Crippen LogP contribution in [-0.4, -0.2) is 16.1 Å². The van der Waals surface area contributed by atoms with E-state index in [2.05, 4.69) is 66.5 Å². The molecule has 0 fully saturated rings. The van der Waals surface area contributed by atoms with Crippen LogP contribution in [0.1, 0.15) is 34.6 Å². The molecule has 3 heteroatoms. The smallest absolute Gasteiger partial charge is 0.172 e. The van der Waals surface area contributed by atoms with Crippen molar-refractivity contribution in [3.8, 4) is 5.69 Å². The first-order chi connectivity index (χ1) is 6.77. The minimum absolute atomic E-state index is 0.227. The van der Waals surface area contributed by atoms with Gasteiger partial charge in [0.2, 0.25) is 0 Å². The molecule has 0 unspecified atom stereocenters. The molecule has 94 valence electrons. The first-order valence-electron chi connectivity index (χ1n) is 6.18. The monoisotopic (exact) mass is 255 g/mol. The number of rotatable bonds is 3. The summed E-state index contributed by atoms with van der Waals surface area (Å²) >= 11 is 0. The molecule has 1 nitrogen and oxygen atoms in total. The van der Waals surface area contributed by atoms with Crippen LogP contribution in [0.3, 0.4) is 0 Å². The molecular formula is C13H29NSi2. The van der Waals surface area contributed by atoms with Gasteiger partial charge in [-0.1, -0.05) is 66.9 Å². The lowest BCUT2D eigenvalue weighted by Crippen LogP contribution is -2.46. The molecule has 0 rings (SSSR count). The van der Waals surface area contributed by atoms with E-state index in [4.69, 9.17) is 0 Å². The van der Waals surface area contributed by atoms with Gasteiger partial charge in [-0.15, -0.1) is 0 Å². The Kier molecular flexibility index (Phi) is 4.28. The Morgan fingerprint density at radius 2 is 1.31 bits per heavy atom. The average molecular weight is 256 g/mol. The molecule has 16 heavy (non-hydrogen) atoms. The van der Waals surface area contributed by atoms with Crippen LogP contribution < -0.4 is 0 Å². The van der Waals surface area contributed by atoms with E-state index in [-0.39, 0.29) is 5.04 Å². The van der Waals surface area contributed by atoms with Crippen LogP contribution in [0.15, 0.2) is 0 Å². The highest BCUT2D eigenvalue weighted by atomic mass is 28.3. The molecule has 0 atom stereocenters. The van der Waals surface area contributed by atoms with Gasteiger partial charge in [0.15, 0.2) is 8.07 Å². The van der Waals surface area contributed by atoms with Gasteiger partial charge in [-0.05, 0) is 10.1 Å². The van der Waals surface area contributed by atoms with Gasteiger partial charge in [-0.3, -0.25) is 0 Å². The van der Waals surface area contributed by atoms with E-state index in [1.54, 1.807) is 0 Å². The lowest BCUT2D eigenvalue weighted by Gasteiger charge is -2.45. The Labute approximate surface area is 104 Å². The Balaban J connectivity index is 5.08. The van der Waals surface area contributed by atoms with Gasteiger partial charge in [0, 0.05) is 5.69 Å². The molecule has 0 saturated carbocycles. The van der Waals surface area contributed by atoms with E-state index in [0.717, 1.165) is 0 Å². The fourth-order valence-electron chi connectivity index (χ4n) is 1.74. The molecule has 0 bridgehead atoms. The Hall–Kier alpha value is -0.0762. The first-order valence-corrected chi connectivity index (χ1v) is 12.4. The van der Waals surface area contributed by atoms with Gasteiger partial charge in [-0.25, -0.2) is 5.26 Å². The number of hydrogen-bond donors (Lipinski definition) is 0. The minimum atomic E-state index is -1.75. The van der Waals surface area contributed by atoms with Gasteiger partial charge in [-0.2, -0.15) is 0 Å². The molecule has 0 heterocycles. The fourth-order valence-corrected chi connectivity index (χ4v) is 7.88. The summed E-state index contributed by atoms with van der Waals surface area (Å²) in [6.45, 7) is 21.0. The van der Waals surface area contributed by atoms with E-state index in [9.17, 15) is 5.26 Å². The predicted octanol–water partition coefficient (Wildman–Crippen LogP) is 5.05. The van der Waals surface area contributed by atoms with Crippen molar-refractivity contribution in [2.24, 2.45) is 0 Å². The van der Waals surface area contributed by atoms with Crippen LogP contribution in [-0.2, 0) is 0 Å². The average Bonchev–Trinajstić information content (AvgIpc) is 1.99. The highest BCUT2D eigenvalue weighted by Gasteiger charge is 2.47. The highest BCUT2D eigenvalue weighted by Crippen LogP contribution is 2.50. The molecule has 0 N–H and O–H groups in total. The first kappa shape index (κ1) is 15.9. The van der Waals surface area contributed by atoms with E-state index < -0.39 is 16.1 Å². The molecule has 0 aromatic rings. The molecule has 0 radical (unpaired) electrons. The van der Waals surface area contributed by atoms with Crippen LogP contribution in [0.25, 0.3) is 0 Å². The largest absolute Gasteiger partial charge is 0.207 e. The normalized spacial score (nSPS) is 14.8. The fraction of sp³-hybridized carbons (Fsp3) is 0.923. The minimum Gasteiger partial charge on any atom is -0.207 e. The van der Waals surface area contributed by atoms with Crippen molar-refractivity contribution in [3.05, 3.63) is 0 Å². The summed E-state index contributed by atoms with van der Waals surface area (Å²) in [5, 5.41) is 10.0. The molecule has 0 saturated heterocycles.